The number of carbonyl (C=O) groups is 1. The van der Waals surface area contributed by atoms with E-state index in [0.29, 0.717) is 85.8 Å². The number of alkyl carbamates (subject to hydrolysis) is 1. The Kier molecular flexibility index (Phi) is 14.3. The van der Waals surface area contributed by atoms with Crippen LogP contribution in [0.2, 0.25) is 0 Å². The van der Waals surface area contributed by atoms with Crippen molar-refractivity contribution in [3.63, 3.8) is 0 Å². The topological polar surface area (TPSA) is 93.7 Å². The summed E-state index contributed by atoms with van der Waals surface area (Å²) in [5.41, 5.74) is 4.79. The van der Waals surface area contributed by atoms with Crippen molar-refractivity contribution in [1.82, 2.24) is 5.32 Å². The summed E-state index contributed by atoms with van der Waals surface area (Å²) in [6.07, 6.45) is 0.946. The molecule has 208 valence electrons. The van der Waals surface area contributed by atoms with Crippen LogP contribution in [0.5, 0.6) is 0 Å². The standard InChI is InChI=1S/C29H39NO8/c1-2-32-13-14-34-17-18-36-21-22-37-20-19-35-16-15-33-12-11-30-29(31)38-23-28-26-9-5-3-7-24(26)25-8-4-6-10-27(25)28/h2-10,28H,1,11-23H2,(H,30,31). The second-order valence-corrected chi connectivity index (χ2v) is 8.35. The van der Waals surface area contributed by atoms with Gasteiger partial charge in [-0.15, -0.1) is 0 Å². The van der Waals surface area contributed by atoms with Crippen LogP contribution in [-0.4, -0.2) is 91.9 Å². The minimum atomic E-state index is -0.446. The highest BCUT2D eigenvalue weighted by atomic mass is 16.6. The van der Waals surface area contributed by atoms with Gasteiger partial charge in [-0.25, -0.2) is 4.79 Å². The maximum Gasteiger partial charge on any atom is 0.407 e. The Hall–Kier alpha value is -2.95. The van der Waals surface area contributed by atoms with Crippen molar-refractivity contribution in [2.24, 2.45) is 0 Å². The summed E-state index contributed by atoms with van der Waals surface area (Å²) in [5.74, 6) is 0.0472. The molecular formula is C29H39NO8. The fourth-order valence-electron chi connectivity index (χ4n) is 4.05. The Bertz CT molecular complexity index is 908. The van der Waals surface area contributed by atoms with E-state index in [1.165, 1.54) is 28.5 Å². The summed E-state index contributed by atoms with van der Waals surface area (Å²) in [4.78, 5) is 12.2. The minimum Gasteiger partial charge on any atom is -0.499 e. The van der Waals surface area contributed by atoms with E-state index in [0.717, 1.165) is 0 Å². The maximum absolute atomic E-state index is 12.2. The monoisotopic (exact) mass is 529 g/mol. The van der Waals surface area contributed by atoms with Gasteiger partial charge in [0, 0.05) is 12.5 Å². The van der Waals surface area contributed by atoms with Gasteiger partial charge >= 0.3 is 6.09 Å². The predicted octanol–water partition coefficient (Wildman–Crippen LogP) is 3.77. The molecule has 1 N–H and O–H groups in total. The second-order valence-electron chi connectivity index (χ2n) is 8.35. The highest BCUT2D eigenvalue weighted by Gasteiger charge is 2.28. The van der Waals surface area contributed by atoms with Gasteiger partial charge in [0.1, 0.15) is 13.2 Å². The van der Waals surface area contributed by atoms with Crippen molar-refractivity contribution in [2.75, 3.05) is 85.8 Å². The van der Waals surface area contributed by atoms with Gasteiger partial charge in [0.05, 0.1) is 72.3 Å². The first kappa shape index (κ1) is 29.6. The first-order valence-electron chi connectivity index (χ1n) is 13.0. The first-order chi connectivity index (χ1) is 18.8. The van der Waals surface area contributed by atoms with Crippen LogP contribution in [0.4, 0.5) is 4.79 Å². The Morgan fingerprint density at radius 2 is 1.13 bits per heavy atom. The van der Waals surface area contributed by atoms with Gasteiger partial charge in [-0.2, -0.15) is 0 Å². The molecule has 0 heterocycles. The van der Waals surface area contributed by atoms with Crippen LogP contribution in [0.1, 0.15) is 17.0 Å². The summed E-state index contributed by atoms with van der Waals surface area (Å²) in [6.45, 7) is 9.42. The van der Waals surface area contributed by atoms with Crippen LogP contribution in [-0.2, 0) is 33.2 Å². The van der Waals surface area contributed by atoms with E-state index in [1.54, 1.807) is 0 Å². The zero-order valence-corrected chi connectivity index (χ0v) is 21.9. The lowest BCUT2D eigenvalue weighted by Gasteiger charge is -2.14. The first-order valence-corrected chi connectivity index (χ1v) is 13.0. The number of carbonyl (C=O) groups excluding carboxylic acids is 1. The summed E-state index contributed by atoms with van der Waals surface area (Å²) < 4.78 is 37.6. The van der Waals surface area contributed by atoms with Crippen molar-refractivity contribution in [3.05, 3.63) is 72.5 Å². The molecule has 0 fully saturated rings. The number of ether oxygens (including phenoxy) is 7. The molecule has 38 heavy (non-hydrogen) atoms. The van der Waals surface area contributed by atoms with Gasteiger partial charge in [-0.05, 0) is 22.3 Å². The summed E-state index contributed by atoms with van der Waals surface area (Å²) >= 11 is 0. The number of hydrogen-bond acceptors (Lipinski definition) is 8. The lowest BCUT2D eigenvalue weighted by Crippen LogP contribution is -2.29. The van der Waals surface area contributed by atoms with Gasteiger partial charge < -0.3 is 38.5 Å². The molecule has 0 saturated carbocycles. The van der Waals surface area contributed by atoms with E-state index in [1.807, 2.05) is 24.3 Å². The number of rotatable bonds is 21. The van der Waals surface area contributed by atoms with Crippen molar-refractivity contribution >= 4 is 6.09 Å². The van der Waals surface area contributed by atoms with Gasteiger partial charge in [0.15, 0.2) is 0 Å². The van der Waals surface area contributed by atoms with E-state index < -0.39 is 6.09 Å². The molecule has 0 bridgehead atoms. The Balaban J connectivity index is 1.10. The third-order valence-corrected chi connectivity index (χ3v) is 5.81. The molecule has 9 nitrogen and oxygen atoms in total. The van der Waals surface area contributed by atoms with E-state index in [-0.39, 0.29) is 5.92 Å². The van der Waals surface area contributed by atoms with Crippen LogP contribution < -0.4 is 5.32 Å². The molecule has 0 atom stereocenters. The van der Waals surface area contributed by atoms with Crippen LogP contribution >= 0.6 is 0 Å². The summed E-state index contributed by atoms with van der Waals surface area (Å²) in [6, 6.07) is 16.5. The maximum atomic E-state index is 12.2. The normalized spacial score (nSPS) is 12.1. The molecule has 9 heteroatoms. The second kappa shape index (κ2) is 18.3. The molecule has 1 amide bonds. The number of amides is 1. The van der Waals surface area contributed by atoms with Crippen LogP contribution in [0.3, 0.4) is 0 Å². The van der Waals surface area contributed by atoms with Crippen LogP contribution in [0.15, 0.2) is 61.4 Å². The van der Waals surface area contributed by atoms with Crippen molar-refractivity contribution in [3.8, 4) is 11.1 Å². The molecule has 2 aromatic rings. The molecule has 0 radical (unpaired) electrons. The van der Waals surface area contributed by atoms with Crippen LogP contribution in [0.25, 0.3) is 11.1 Å². The number of hydrogen-bond donors (Lipinski definition) is 1. The zero-order valence-electron chi connectivity index (χ0n) is 21.9. The number of benzene rings is 2. The van der Waals surface area contributed by atoms with Crippen molar-refractivity contribution < 1.29 is 38.0 Å². The van der Waals surface area contributed by atoms with E-state index in [2.05, 4.69) is 36.2 Å². The average Bonchev–Trinajstić information content (AvgIpc) is 3.27. The molecule has 0 saturated heterocycles. The third-order valence-electron chi connectivity index (χ3n) is 5.81. The molecule has 2 aromatic carbocycles. The Morgan fingerprint density at radius 3 is 1.63 bits per heavy atom. The minimum absolute atomic E-state index is 0.0472. The van der Waals surface area contributed by atoms with Crippen molar-refractivity contribution in [2.45, 2.75) is 5.92 Å². The molecule has 1 aliphatic carbocycles. The molecule has 3 rings (SSSR count). The fourth-order valence-corrected chi connectivity index (χ4v) is 4.05. The summed E-state index contributed by atoms with van der Waals surface area (Å²) in [7, 11) is 0. The largest absolute Gasteiger partial charge is 0.499 e. The predicted molar refractivity (Wildman–Crippen MR) is 143 cm³/mol. The highest BCUT2D eigenvalue weighted by molar-refractivity contribution is 5.79. The Morgan fingerprint density at radius 1 is 0.684 bits per heavy atom. The van der Waals surface area contributed by atoms with Crippen LogP contribution in [0, 0.1) is 0 Å². The number of nitrogens with one attached hydrogen (secondary N) is 1. The quantitative estimate of drug-likeness (QED) is 0.193. The van der Waals surface area contributed by atoms with Gasteiger partial charge in [-0.1, -0.05) is 55.1 Å². The van der Waals surface area contributed by atoms with Gasteiger partial charge in [0.25, 0.3) is 0 Å². The molecule has 0 aromatic heterocycles. The fraction of sp³-hybridized carbons (Fsp3) is 0.483. The molecule has 1 aliphatic rings. The number of fused-ring (bicyclic) bond motifs is 3. The smallest absolute Gasteiger partial charge is 0.407 e. The summed E-state index contributed by atoms with van der Waals surface area (Å²) in [5, 5.41) is 2.73. The molecule has 0 spiro atoms. The molecule has 0 aliphatic heterocycles. The van der Waals surface area contributed by atoms with E-state index >= 15 is 0 Å². The molecular weight excluding hydrogens is 490 g/mol. The van der Waals surface area contributed by atoms with Gasteiger partial charge in [-0.3, -0.25) is 0 Å². The van der Waals surface area contributed by atoms with Crippen molar-refractivity contribution in [1.29, 1.82) is 0 Å². The zero-order chi connectivity index (χ0) is 26.7. The van der Waals surface area contributed by atoms with E-state index in [4.69, 9.17) is 33.2 Å². The van der Waals surface area contributed by atoms with Gasteiger partial charge in [0.2, 0.25) is 0 Å². The lowest BCUT2D eigenvalue weighted by atomic mass is 9.98. The molecule has 0 unspecified atom stereocenters. The average molecular weight is 530 g/mol. The SMILES string of the molecule is C=COCCOCCOCCOCCOCCOCCNC(=O)OCC1c2ccccc2-c2ccccc21. The third kappa shape index (κ3) is 10.4. The van der Waals surface area contributed by atoms with E-state index in [9.17, 15) is 4.79 Å². The lowest BCUT2D eigenvalue weighted by molar-refractivity contribution is -0.0134. The highest BCUT2D eigenvalue weighted by Crippen LogP contribution is 2.44. The Labute approximate surface area is 225 Å².